The summed E-state index contributed by atoms with van der Waals surface area (Å²) in [5.74, 6) is -0.250. The smallest absolute Gasteiger partial charge is 0.254 e. The molecule has 2 aromatic rings. The topological polar surface area (TPSA) is 101 Å². The van der Waals surface area contributed by atoms with E-state index in [1.165, 1.54) is 0 Å². The Morgan fingerprint density at radius 2 is 1.27 bits per heavy atom. The van der Waals surface area contributed by atoms with Crippen LogP contribution in [0.15, 0.2) is 48.5 Å². The molecule has 2 amide bonds. The third kappa shape index (κ3) is 8.87. The van der Waals surface area contributed by atoms with Gasteiger partial charge in [-0.1, -0.05) is 63.6 Å². The van der Waals surface area contributed by atoms with Crippen molar-refractivity contribution in [3.8, 4) is 0 Å². The molecule has 0 aliphatic rings. The van der Waals surface area contributed by atoms with E-state index in [2.05, 4.69) is 20.8 Å². The molecule has 0 saturated carbocycles. The van der Waals surface area contributed by atoms with E-state index in [9.17, 15) is 24.9 Å². The van der Waals surface area contributed by atoms with Crippen molar-refractivity contribution in [2.75, 3.05) is 26.3 Å². The van der Waals surface area contributed by atoms with E-state index >= 15 is 0 Å². The molecule has 0 heterocycles. The van der Waals surface area contributed by atoms with Crippen LogP contribution < -0.4 is 0 Å². The van der Waals surface area contributed by atoms with Crippen LogP contribution in [-0.4, -0.2) is 80.4 Å². The van der Waals surface area contributed by atoms with Crippen LogP contribution in [-0.2, 0) is 12.8 Å². The molecular formula is C34H52N2O5. The fraction of sp³-hybridized carbons (Fsp3) is 0.588. The predicted octanol–water partition coefficient (Wildman–Crippen LogP) is 5.25. The van der Waals surface area contributed by atoms with Gasteiger partial charge in [0.1, 0.15) is 0 Å². The molecule has 228 valence electrons. The first-order valence-electron chi connectivity index (χ1n) is 15.2. The summed E-state index contributed by atoms with van der Waals surface area (Å²) in [4.78, 5) is 30.9. The highest BCUT2D eigenvalue weighted by molar-refractivity contribution is 5.97. The minimum absolute atomic E-state index is 0.106. The van der Waals surface area contributed by atoms with Crippen LogP contribution in [0.3, 0.4) is 0 Å². The van der Waals surface area contributed by atoms with Gasteiger partial charge in [-0.3, -0.25) is 9.59 Å². The molecule has 7 heteroatoms. The number of β-amino-alcohol motifs (C(OH)–C–C–N with tert-alkyl or cyclic N) is 2. The van der Waals surface area contributed by atoms with Crippen molar-refractivity contribution >= 4 is 11.8 Å². The highest BCUT2D eigenvalue weighted by Gasteiger charge is 2.36. The molecule has 0 saturated heterocycles. The number of benzene rings is 2. The number of carbonyl (C=O) groups is 2. The van der Waals surface area contributed by atoms with Gasteiger partial charge in [0, 0.05) is 35.3 Å². The van der Waals surface area contributed by atoms with Crippen LogP contribution >= 0.6 is 0 Å². The molecule has 2 aromatic carbocycles. The highest BCUT2D eigenvalue weighted by Crippen LogP contribution is 2.32. The maximum absolute atomic E-state index is 13.9. The van der Waals surface area contributed by atoms with Gasteiger partial charge in [0.05, 0.1) is 19.3 Å². The van der Waals surface area contributed by atoms with Crippen molar-refractivity contribution in [1.82, 2.24) is 9.80 Å². The fourth-order valence-corrected chi connectivity index (χ4v) is 5.90. The summed E-state index contributed by atoms with van der Waals surface area (Å²) in [6.45, 7) is 12.4. The van der Waals surface area contributed by atoms with E-state index in [0.717, 1.165) is 36.8 Å². The lowest BCUT2D eigenvalue weighted by Gasteiger charge is -2.43. The van der Waals surface area contributed by atoms with Crippen molar-refractivity contribution in [3.05, 3.63) is 70.8 Å². The second-order valence-corrected chi connectivity index (χ2v) is 11.9. The van der Waals surface area contributed by atoms with E-state index in [-0.39, 0.29) is 43.7 Å². The molecule has 0 radical (unpaired) electrons. The lowest BCUT2D eigenvalue weighted by molar-refractivity contribution is 0.0331. The molecular weight excluding hydrogens is 516 g/mol. The van der Waals surface area contributed by atoms with E-state index in [4.69, 9.17) is 0 Å². The van der Waals surface area contributed by atoms with Gasteiger partial charge in [-0.25, -0.2) is 0 Å². The molecule has 0 bridgehead atoms. The van der Waals surface area contributed by atoms with Crippen molar-refractivity contribution < 1.29 is 24.9 Å². The van der Waals surface area contributed by atoms with Gasteiger partial charge in [-0.15, -0.1) is 0 Å². The second kappa shape index (κ2) is 16.0. The maximum atomic E-state index is 13.9. The lowest BCUT2D eigenvalue weighted by Crippen LogP contribution is -2.52. The Morgan fingerprint density at radius 3 is 1.78 bits per heavy atom. The minimum atomic E-state index is -0.715. The number of aryl methyl sites for hydroxylation is 1. The zero-order valence-corrected chi connectivity index (χ0v) is 26.0. The average Bonchev–Trinajstić information content (AvgIpc) is 2.96. The van der Waals surface area contributed by atoms with Gasteiger partial charge < -0.3 is 25.1 Å². The van der Waals surface area contributed by atoms with E-state index in [1.54, 1.807) is 11.0 Å². The van der Waals surface area contributed by atoms with Gasteiger partial charge in [0.2, 0.25) is 0 Å². The Kier molecular flexibility index (Phi) is 13.5. The maximum Gasteiger partial charge on any atom is 0.254 e. The third-order valence-corrected chi connectivity index (χ3v) is 8.25. The van der Waals surface area contributed by atoms with Crippen molar-refractivity contribution in [2.24, 2.45) is 0 Å². The SMILES string of the molecule is CCCC(CC)(CC)N(CCO)C(=O)c1ccccc1CC(O)CCc1ccccc1C(=O)N(CCO)C(C)(C)C. The Labute approximate surface area is 247 Å². The van der Waals surface area contributed by atoms with Crippen molar-refractivity contribution in [1.29, 1.82) is 0 Å². The third-order valence-electron chi connectivity index (χ3n) is 8.25. The Hall–Kier alpha value is -2.74. The summed E-state index contributed by atoms with van der Waals surface area (Å²) >= 11 is 0. The number of aliphatic hydroxyl groups excluding tert-OH is 3. The molecule has 2 rings (SSSR count). The van der Waals surface area contributed by atoms with Gasteiger partial charge in [0.15, 0.2) is 0 Å². The van der Waals surface area contributed by atoms with Crippen molar-refractivity contribution in [2.45, 2.75) is 104 Å². The van der Waals surface area contributed by atoms with Gasteiger partial charge in [-0.2, -0.15) is 0 Å². The minimum Gasteiger partial charge on any atom is -0.395 e. The number of rotatable bonds is 16. The molecule has 0 aliphatic carbocycles. The van der Waals surface area contributed by atoms with E-state index in [1.807, 2.05) is 68.1 Å². The normalized spacial score (nSPS) is 12.7. The molecule has 1 atom stereocenters. The number of amides is 2. The molecule has 41 heavy (non-hydrogen) atoms. The molecule has 0 spiro atoms. The quantitative estimate of drug-likeness (QED) is 0.257. The first-order valence-corrected chi connectivity index (χ1v) is 15.2. The first kappa shape index (κ1) is 34.5. The summed E-state index contributed by atoms with van der Waals surface area (Å²) in [6.07, 6.45) is 3.92. The van der Waals surface area contributed by atoms with Crippen LogP contribution in [0.25, 0.3) is 0 Å². The monoisotopic (exact) mass is 568 g/mol. The molecule has 0 fully saturated rings. The van der Waals surface area contributed by atoms with Crippen LogP contribution in [0.4, 0.5) is 0 Å². The van der Waals surface area contributed by atoms with Crippen LogP contribution in [0.1, 0.15) is 105 Å². The number of hydrogen-bond acceptors (Lipinski definition) is 5. The number of nitrogens with zero attached hydrogens (tertiary/aromatic N) is 2. The van der Waals surface area contributed by atoms with Crippen LogP contribution in [0, 0.1) is 0 Å². The van der Waals surface area contributed by atoms with Crippen molar-refractivity contribution in [3.63, 3.8) is 0 Å². The Bertz CT molecular complexity index is 1110. The second-order valence-electron chi connectivity index (χ2n) is 11.9. The standard InChI is InChI=1S/C34H52N2O5/c1-7-20-34(8-2,9-3)36(22-24-38)32(41)30-17-13-11-15-27(30)25-28(39)19-18-26-14-10-12-16-29(26)31(40)35(21-23-37)33(4,5)6/h10-17,28,37-39H,7-9,18-25H2,1-6H3. The fourth-order valence-electron chi connectivity index (χ4n) is 5.90. The number of aliphatic hydroxyl groups is 3. The number of hydrogen-bond donors (Lipinski definition) is 3. The van der Waals surface area contributed by atoms with Gasteiger partial charge in [0.25, 0.3) is 11.8 Å². The molecule has 7 nitrogen and oxygen atoms in total. The zero-order valence-electron chi connectivity index (χ0n) is 26.0. The van der Waals surface area contributed by atoms with E-state index < -0.39 is 11.6 Å². The Balaban J connectivity index is 2.26. The molecule has 1 unspecified atom stereocenters. The first-order chi connectivity index (χ1) is 19.5. The number of carbonyl (C=O) groups excluding carboxylic acids is 2. The molecule has 0 aromatic heterocycles. The zero-order chi connectivity index (χ0) is 30.6. The van der Waals surface area contributed by atoms with E-state index in [0.29, 0.717) is 30.4 Å². The summed E-state index contributed by atoms with van der Waals surface area (Å²) in [7, 11) is 0. The molecule has 3 N–H and O–H groups in total. The molecule has 0 aliphatic heterocycles. The van der Waals surface area contributed by atoms with Gasteiger partial charge in [-0.05, 0) is 82.6 Å². The summed E-state index contributed by atoms with van der Waals surface area (Å²) in [5.41, 5.74) is 1.98. The predicted molar refractivity (Wildman–Crippen MR) is 165 cm³/mol. The highest BCUT2D eigenvalue weighted by atomic mass is 16.3. The summed E-state index contributed by atoms with van der Waals surface area (Å²) in [5, 5.41) is 30.5. The summed E-state index contributed by atoms with van der Waals surface area (Å²) in [6, 6.07) is 14.9. The summed E-state index contributed by atoms with van der Waals surface area (Å²) < 4.78 is 0. The van der Waals surface area contributed by atoms with Crippen LogP contribution in [0.2, 0.25) is 0 Å². The van der Waals surface area contributed by atoms with Crippen LogP contribution in [0.5, 0.6) is 0 Å². The average molecular weight is 569 g/mol. The van der Waals surface area contributed by atoms with Gasteiger partial charge >= 0.3 is 0 Å². The largest absolute Gasteiger partial charge is 0.395 e. The lowest BCUT2D eigenvalue weighted by atomic mass is 9.84. The Morgan fingerprint density at radius 1 is 0.780 bits per heavy atom.